The molecule has 2 rings (SSSR count). The van der Waals surface area contributed by atoms with Crippen molar-refractivity contribution in [2.45, 2.75) is 17.6 Å². The Morgan fingerprint density at radius 1 is 1.31 bits per heavy atom. The first-order chi connectivity index (χ1) is 7.75. The largest absolute Gasteiger partial charge is 0.264 e. The van der Waals surface area contributed by atoms with Crippen molar-refractivity contribution < 1.29 is 0 Å². The number of hydrogen-bond donors (Lipinski definition) is 0. The van der Waals surface area contributed by atoms with Crippen molar-refractivity contribution >= 4 is 23.4 Å². The van der Waals surface area contributed by atoms with E-state index >= 15 is 0 Å². The number of benzene rings is 1. The Labute approximate surface area is 105 Å². The lowest BCUT2D eigenvalue weighted by molar-refractivity contribution is 1.25. The zero-order valence-corrected chi connectivity index (χ0v) is 10.6. The first kappa shape index (κ1) is 11.5. The first-order valence-electron chi connectivity index (χ1n) is 5.03. The maximum Gasteiger partial charge on any atom is 0.0435 e. The Morgan fingerprint density at radius 3 is 2.88 bits per heavy atom. The van der Waals surface area contributed by atoms with Crippen LogP contribution in [0.15, 0.2) is 47.6 Å². The van der Waals surface area contributed by atoms with E-state index in [2.05, 4.69) is 23.2 Å². The molecule has 0 aliphatic heterocycles. The summed E-state index contributed by atoms with van der Waals surface area (Å²) in [5.74, 6) is 0.939. The van der Waals surface area contributed by atoms with Gasteiger partial charge in [-0.2, -0.15) is 0 Å². The van der Waals surface area contributed by atoms with E-state index in [9.17, 15) is 0 Å². The van der Waals surface area contributed by atoms with Crippen LogP contribution in [0.4, 0.5) is 0 Å². The van der Waals surface area contributed by atoms with Crippen LogP contribution in [0.3, 0.4) is 0 Å². The number of nitrogens with zero attached hydrogens (tertiary/aromatic N) is 1. The smallest absolute Gasteiger partial charge is 0.0435 e. The molecule has 0 atom stereocenters. The molecule has 2 aromatic rings. The molecule has 0 aliphatic carbocycles. The van der Waals surface area contributed by atoms with Crippen LogP contribution in [-0.2, 0) is 5.75 Å². The number of aryl methyl sites for hydroxylation is 1. The summed E-state index contributed by atoms with van der Waals surface area (Å²) >= 11 is 7.78. The lowest BCUT2D eigenvalue weighted by atomic mass is 10.2. The molecule has 0 radical (unpaired) electrons. The van der Waals surface area contributed by atoms with Gasteiger partial charge in [0.05, 0.1) is 0 Å². The average molecular weight is 250 g/mol. The highest BCUT2D eigenvalue weighted by atomic mass is 35.5. The number of aromatic nitrogens is 1. The molecule has 82 valence electrons. The fourth-order valence-electron chi connectivity index (χ4n) is 1.36. The molecule has 0 saturated heterocycles. The Bertz CT molecular complexity index is 471. The van der Waals surface area contributed by atoms with Crippen LogP contribution >= 0.6 is 23.4 Å². The van der Waals surface area contributed by atoms with E-state index in [1.807, 2.05) is 25.3 Å². The molecule has 1 heterocycles. The zero-order chi connectivity index (χ0) is 11.4. The minimum Gasteiger partial charge on any atom is -0.264 e. The SMILES string of the molecule is Cc1cc(SCc2cccnc2)ccc1Cl. The minimum atomic E-state index is 0.825. The van der Waals surface area contributed by atoms with Crippen molar-refractivity contribution in [1.82, 2.24) is 4.98 Å². The number of pyridine rings is 1. The standard InChI is InChI=1S/C13H12ClNS/c1-10-7-12(4-5-13(10)14)16-9-11-3-2-6-15-8-11/h2-8H,9H2,1H3. The van der Waals surface area contributed by atoms with Gasteiger partial charge < -0.3 is 0 Å². The van der Waals surface area contributed by atoms with E-state index in [0.717, 1.165) is 16.3 Å². The van der Waals surface area contributed by atoms with Crippen molar-refractivity contribution in [1.29, 1.82) is 0 Å². The molecule has 0 saturated carbocycles. The predicted octanol–water partition coefficient (Wildman–Crippen LogP) is 4.34. The van der Waals surface area contributed by atoms with E-state index in [0.29, 0.717) is 0 Å². The Hall–Kier alpha value is -0.990. The third-order valence-electron chi connectivity index (χ3n) is 2.26. The summed E-state index contributed by atoms with van der Waals surface area (Å²) in [6, 6.07) is 10.2. The number of halogens is 1. The van der Waals surface area contributed by atoms with Crippen LogP contribution in [0.1, 0.15) is 11.1 Å². The molecule has 0 aliphatic rings. The van der Waals surface area contributed by atoms with E-state index in [4.69, 9.17) is 11.6 Å². The summed E-state index contributed by atoms with van der Waals surface area (Å²) in [4.78, 5) is 5.34. The molecule has 0 amide bonds. The molecular weight excluding hydrogens is 238 g/mol. The summed E-state index contributed by atoms with van der Waals surface area (Å²) < 4.78 is 0. The van der Waals surface area contributed by atoms with E-state index < -0.39 is 0 Å². The van der Waals surface area contributed by atoms with Gasteiger partial charge in [-0.15, -0.1) is 11.8 Å². The molecule has 0 fully saturated rings. The third-order valence-corrected chi connectivity index (χ3v) is 3.75. The second-order valence-electron chi connectivity index (χ2n) is 3.56. The van der Waals surface area contributed by atoms with Crippen LogP contribution in [0.25, 0.3) is 0 Å². The fraction of sp³-hybridized carbons (Fsp3) is 0.154. The van der Waals surface area contributed by atoms with Gasteiger partial charge >= 0.3 is 0 Å². The highest BCUT2D eigenvalue weighted by Gasteiger charge is 1.99. The maximum absolute atomic E-state index is 5.98. The molecular formula is C13H12ClNS. The van der Waals surface area contributed by atoms with Crippen LogP contribution in [-0.4, -0.2) is 4.98 Å². The Balaban J connectivity index is 2.03. The van der Waals surface area contributed by atoms with Gasteiger partial charge in [-0.1, -0.05) is 17.7 Å². The Kier molecular flexibility index (Phi) is 3.86. The summed E-state index contributed by atoms with van der Waals surface area (Å²) in [5, 5.41) is 0.825. The topological polar surface area (TPSA) is 12.9 Å². The summed E-state index contributed by atoms with van der Waals surface area (Å²) in [6.07, 6.45) is 3.69. The van der Waals surface area contributed by atoms with Crippen molar-refractivity contribution in [3.8, 4) is 0 Å². The summed E-state index contributed by atoms with van der Waals surface area (Å²) in [6.45, 7) is 2.02. The molecule has 1 aromatic heterocycles. The average Bonchev–Trinajstić information content (AvgIpc) is 2.32. The lowest BCUT2D eigenvalue weighted by Crippen LogP contribution is -1.82. The van der Waals surface area contributed by atoms with E-state index in [-0.39, 0.29) is 0 Å². The van der Waals surface area contributed by atoms with Gasteiger partial charge in [0.1, 0.15) is 0 Å². The normalized spacial score (nSPS) is 10.4. The predicted molar refractivity (Wildman–Crippen MR) is 70.0 cm³/mol. The molecule has 0 bridgehead atoms. The molecule has 0 N–H and O–H groups in total. The summed E-state index contributed by atoms with van der Waals surface area (Å²) in [5.41, 5.74) is 2.36. The van der Waals surface area contributed by atoms with E-state index in [1.165, 1.54) is 10.5 Å². The van der Waals surface area contributed by atoms with Crippen LogP contribution < -0.4 is 0 Å². The molecule has 3 heteroatoms. The number of hydrogen-bond acceptors (Lipinski definition) is 2. The lowest BCUT2D eigenvalue weighted by Gasteiger charge is -2.04. The van der Waals surface area contributed by atoms with Crippen molar-refractivity contribution in [2.24, 2.45) is 0 Å². The second-order valence-corrected chi connectivity index (χ2v) is 5.02. The summed E-state index contributed by atoms with van der Waals surface area (Å²) in [7, 11) is 0. The molecule has 0 unspecified atom stereocenters. The van der Waals surface area contributed by atoms with Crippen molar-refractivity contribution in [2.75, 3.05) is 0 Å². The van der Waals surface area contributed by atoms with Gasteiger partial charge in [-0.25, -0.2) is 0 Å². The Morgan fingerprint density at radius 2 is 2.19 bits per heavy atom. The highest BCUT2D eigenvalue weighted by Crippen LogP contribution is 2.26. The molecule has 0 spiro atoms. The monoisotopic (exact) mass is 249 g/mol. The van der Waals surface area contributed by atoms with Crippen LogP contribution in [0, 0.1) is 6.92 Å². The van der Waals surface area contributed by atoms with Crippen LogP contribution in [0.5, 0.6) is 0 Å². The first-order valence-corrected chi connectivity index (χ1v) is 6.40. The number of rotatable bonds is 3. The third kappa shape index (κ3) is 3.00. The number of thioether (sulfide) groups is 1. The minimum absolute atomic E-state index is 0.825. The van der Waals surface area contributed by atoms with Gasteiger partial charge in [-0.05, 0) is 42.3 Å². The van der Waals surface area contributed by atoms with Gasteiger partial charge in [-0.3, -0.25) is 4.98 Å². The zero-order valence-electron chi connectivity index (χ0n) is 8.98. The van der Waals surface area contributed by atoms with E-state index in [1.54, 1.807) is 18.0 Å². The maximum atomic E-state index is 5.98. The van der Waals surface area contributed by atoms with Gasteiger partial charge in [0, 0.05) is 28.1 Å². The molecule has 1 aromatic carbocycles. The highest BCUT2D eigenvalue weighted by molar-refractivity contribution is 7.98. The van der Waals surface area contributed by atoms with Crippen molar-refractivity contribution in [3.05, 3.63) is 58.9 Å². The second kappa shape index (κ2) is 5.37. The van der Waals surface area contributed by atoms with Gasteiger partial charge in [0.25, 0.3) is 0 Å². The quantitative estimate of drug-likeness (QED) is 0.751. The van der Waals surface area contributed by atoms with Gasteiger partial charge in [0.2, 0.25) is 0 Å². The molecule has 1 nitrogen and oxygen atoms in total. The fourth-order valence-corrected chi connectivity index (χ4v) is 2.40. The van der Waals surface area contributed by atoms with Crippen LogP contribution in [0.2, 0.25) is 5.02 Å². The van der Waals surface area contributed by atoms with Crippen molar-refractivity contribution in [3.63, 3.8) is 0 Å². The van der Waals surface area contributed by atoms with Gasteiger partial charge in [0.15, 0.2) is 0 Å². The molecule has 16 heavy (non-hydrogen) atoms.